The zero-order valence-electron chi connectivity index (χ0n) is 11.5. The number of benzene rings is 2. The number of rotatable bonds is 0. The first-order valence-corrected chi connectivity index (χ1v) is 7.74. The van der Waals surface area contributed by atoms with Crippen LogP contribution in [0.2, 0.25) is 25.1 Å². The van der Waals surface area contributed by atoms with Crippen molar-refractivity contribution in [1.82, 2.24) is 0 Å². The first kappa shape index (κ1) is 19.7. The predicted molar refractivity (Wildman–Crippen MR) is 93.8 cm³/mol. The van der Waals surface area contributed by atoms with Crippen molar-refractivity contribution < 1.29 is 5.11 Å². The van der Waals surface area contributed by atoms with E-state index in [0.29, 0.717) is 5.02 Å². The summed E-state index contributed by atoms with van der Waals surface area (Å²) in [6.07, 6.45) is 0. The van der Waals surface area contributed by atoms with E-state index < -0.39 is 0 Å². The molecule has 0 aliphatic rings. The molecule has 0 amide bonds. The summed E-state index contributed by atoms with van der Waals surface area (Å²) in [5.74, 6) is 0.261. The van der Waals surface area contributed by atoms with Gasteiger partial charge in [-0.1, -0.05) is 58.0 Å². The molecule has 8 heteroatoms. The van der Waals surface area contributed by atoms with Crippen LogP contribution < -0.4 is 0 Å². The van der Waals surface area contributed by atoms with E-state index in [-0.39, 0.29) is 37.0 Å². The number of nitrogens with zero attached hydrogens (tertiary/aromatic N) is 2. The molecule has 2 aromatic carbocycles. The van der Waals surface area contributed by atoms with Crippen molar-refractivity contribution in [2.24, 2.45) is 0 Å². The maximum Gasteiger partial charge on any atom is 0.115 e. The Balaban J connectivity index is 0.000000253. The van der Waals surface area contributed by atoms with Gasteiger partial charge < -0.3 is 5.11 Å². The fourth-order valence-electron chi connectivity index (χ4n) is 1.46. The number of halogens is 5. The highest BCUT2D eigenvalue weighted by Gasteiger charge is 2.19. The van der Waals surface area contributed by atoms with Crippen LogP contribution in [0, 0.1) is 29.6 Å². The van der Waals surface area contributed by atoms with Crippen LogP contribution in [-0.4, -0.2) is 5.11 Å². The van der Waals surface area contributed by atoms with Gasteiger partial charge in [0.2, 0.25) is 0 Å². The Morgan fingerprint density at radius 2 is 1.30 bits per heavy atom. The Labute approximate surface area is 158 Å². The Morgan fingerprint density at radius 3 is 1.65 bits per heavy atom. The van der Waals surface area contributed by atoms with Gasteiger partial charge >= 0.3 is 0 Å². The molecule has 0 saturated carbocycles. The molecule has 0 radical (unpaired) electrons. The zero-order valence-corrected chi connectivity index (χ0v) is 15.2. The van der Waals surface area contributed by atoms with Crippen molar-refractivity contribution in [3.63, 3.8) is 0 Å². The van der Waals surface area contributed by atoms with Gasteiger partial charge in [0, 0.05) is 5.02 Å². The molecular formula is C15H7Cl5N2O. The quantitative estimate of drug-likeness (QED) is 0.405. The molecule has 0 saturated heterocycles. The maximum atomic E-state index is 8.88. The van der Waals surface area contributed by atoms with E-state index in [2.05, 4.69) is 0 Å². The fourth-order valence-corrected chi connectivity index (χ4v) is 2.65. The first-order valence-electron chi connectivity index (χ1n) is 5.85. The summed E-state index contributed by atoms with van der Waals surface area (Å²) in [6.45, 7) is 1.85. The number of nitriles is 2. The predicted octanol–water partition coefficient (Wildman–Crippen LogP) is 6.40. The Hall–Kier alpha value is -1.33. The van der Waals surface area contributed by atoms with Gasteiger partial charge in [-0.15, -0.1) is 0 Å². The Morgan fingerprint density at radius 1 is 0.826 bits per heavy atom. The molecule has 0 aliphatic carbocycles. The van der Waals surface area contributed by atoms with E-state index in [1.807, 2.05) is 6.92 Å². The average molecular weight is 408 g/mol. The van der Waals surface area contributed by atoms with Crippen molar-refractivity contribution in [1.29, 1.82) is 10.5 Å². The smallest absolute Gasteiger partial charge is 0.115 e. The largest absolute Gasteiger partial charge is 0.508 e. The van der Waals surface area contributed by atoms with Gasteiger partial charge in [-0.05, 0) is 30.7 Å². The minimum absolute atomic E-state index is 0.0363. The Kier molecular flexibility index (Phi) is 7.29. The number of aromatic hydroxyl groups is 1. The number of phenolic OH excluding ortho intramolecular Hbond substituents is 1. The molecule has 3 nitrogen and oxygen atoms in total. The topological polar surface area (TPSA) is 67.8 Å². The molecule has 0 atom stereocenters. The molecule has 0 aromatic heterocycles. The normalized spacial score (nSPS) is 9.39. The Bertz CT molecular complexity index is 796. The molecule has 118 valence electrons. The molecular weight excluding hydrogens is 401 g/mol. The molecule has 0 fully saturated rings. The lowest BCUT2D eigenvalue weighted by molar-refractivity contribution is 0.475. The zero-order chi connectivity index (χ0) is 17.7. The highest BCUT2D eigenvalue weighted by atomic mass is 35.5. The molecule has 0 spiro atoms. The second-order valence-corrected chi connectivity index (χ2v) is 6.08. The van der Waals surface area contributed by atoms with E-state index in [4.69, 9.17) is 73.6 Å². The van der Waals surface area contributed by atoms with Gasteiger partial charge in [0.15, 0.2) is 0 Å². The van der Waals surface area contributed by atoms with Crippen LogP contribution in [-0.2, 0) is 0 Å². The van der Waals surface area contributed by atoms with E-state index in [1.165, 1.54) is 0 Å². The van der Waals surface area contributed by atoms with Gasteiger partial charge in [0.1, 0.15) is 17.9 Å². The van der Waals surface area contributed by atoms with Gasteiger partial charge in [0.25, 0.3) is 0 Å². The van der Waals surface area contributed by atoms with E-state index in [1.54, 1.807) is 30.3 Å². The van der Waals surface area contributed by atoms with Crippen molar-refractivity contribution >= 4 is 58.0 Å². The lowest BCUT2D eigenvalue weighted by Gasteiger charge is -2.05. The molecule has 0 aliphatic heterocycles. The highest BCUT2D eigenvalue weighted by molar-refractivity contribution is 6.50. The van der Waals surface area contributed by atoms with Crippen LogP contribution in [0.25, 0.3) is 0 Å². The molecule has 0 unspecified atom stereocenters. The summed E-state index contributed by atoms with van der Waals surface area (Å²) in [7, 11) is 0. The van der Waals surface area contributed by atoms with Crippen molar-refractivity contribution in [2.75, 3.05) is 0 Å². The van der Waals surface area contributed by atoms with Crippen molar-refractivity contribution in [2.45, 2.75) is 6.92 Å². The van der Waals surface area contributed by atoms with Crippen LogP contribution in [0.1, 0.15) is 16.7 Å². The first-order chi connectivity index (χ1) is 10.7. The number of phenols is 1. The van der Waals surface area contributed by atoms with E-state index >= 15 is 0 Å². The van der Waals surface area contributed by atoms with Crippen molar-refractivity contribution in [3.05, 3.63) is 60.0 Å². The molecule has 2 rings (SSSR count). The fraction of sp³-hybridized carbons (Fsp3) is 0.0667. The minimum Gasteiger partial charge on any atom is -0.508 e. The van der Waals surface area contributed by atoms with E-state index in [9.17, 15) is 0 Å². The van der Waals surface area contributed by atoms with E-state index in [0.717, 1.165) is 5.56 Å². The summed E-state index contributed by atoms with van der Waals surface area (Å²) >= 11 is 28.5. The maximum absolute atomic E-state index is 8.88. The number of hydrogen-bond donors (Lipinski definition) is 1. The summed E-state index contributed by atoms with van der Waals surface area (Å²) < 4.78 is 0. The molecule has 0 heterocycles. The number of aryl methyl sites for hydroxylation is 1. The molecule has 0 bridgehead atoms. The molecule has 1 N–H and O–H groups in total. The summed E-state index contributed by atoms with van der Waals surface area (Å²) in [5.41, 5.74) is 0.815. The lowest BCUT2D eigenvalue weighted by atomic mass is 10.1. The van der Waals surface area contributed by atoms with Gasteiger partial charge in [-0.3, -0.25) is 0 Å². The monoisotopic (exact) mass is 406 g/mol. The number of hydrogen-bond acceptors (Lipinski definition) is 3. The van der Waals surface area contributed by atoms with Crippen LogP contribution >= 0.6 is 58.0 Å². The average Bonchev–Trinajstić information content (AvgIpc) is 2.51. The van der Waals surface area contributed by atoms with Gasteiger partial charge in [0.05, 0.1) is 31.2 Å². The lowest BCUT2D eigenvalue weighted by Crippen LogP contribution is -1.89. The summed E-state index contributed by atoms with van der Waals surface area (Å²) in [6, 6.07) is 8.36. The third-order valence-corrected chi connectivity index (χ3v) is 4.76. The minimum atomic E-state index is -0.0746. The SMILES string of the molecule is Cc1cc(O)ccc1Cl.N#Cc1c(Cl)c(Cl)c(Cl)c(C#N)c1Cl. The summed E-state index contributed by atoms with van der Waals surface area (Å²) in [5, 5.41) is 26.8. The van der Waals surface area contributed by atoms with Crippen LogP contribution in [0.4, 0.5) is 0 Å². The molecule has 2 aromatic rings. The van der Waals surface area contributed by atoms with Gasteiger partial charge in [-0.2, -0.15) is 10.5 Å². The van der Waals surface area contributed by atoms with Gasteiger partial charge in [-0.25, -0.2) is 0 Å². The third kappa shape index (κ3) is 4.58. The van der Waals surface area contributed by atoms with Crippen molar-refractivity contribution in [3.8, 4) is 17.9 Å². The van der Waals surface area contributed by atoms with Crippen LogP contribution in [0.3, 0.4) is 0 Å². The van der Waals surface area contributed by atoms with Crippen LogP contribution in [0.5, 0.6) is 5.75 Å². The summed E-state index contributed by atoms with van der Waals surface area (Å²) in [4.78, 5) is 0. The second kappa shape index (κ2) is 8.50. The van der Waals surface area contributed by atoms with Crippen LogP contribution in [0.15, 0.2) is 18.2 Å². The molecule has 23 heavy (non-hydrogen) atoms. The third-order valence-electron chi connectivity index (χ3n) is 2.63. The standard InChI is InChI=1S/C8Cl4N2.C7H7ClO/c9-5-3(1-13)6(10)8(12)7(11)4(5)2-14;1-5-4-6(9)2-3-7(5)8/h;2-4,9H,1H3. The second-order valence-electron chi connectivity index (χ2n) is 4.16. The highest BCUT2D eigenvalue weighted by Crippen LogP contribution is 2.40.